The molecule has 0 aromatic heterocycles. The maximum Gasteiger partial charge on any atom is 0.146 e. The zero-order chi connectivity index (χ0) is 15.0. The molecule has 1 N–H and O–H groups in total. The van der Waals surface area contributed by atoms with Crippen LogP contribution in [-0.2, 0) is 6.54 Å². The summed E-state index contributed by atoms with van der Waals surface area (Å²) in [5.74, 6) is 0.513. The predicted octanol–water partition coefficient (Wildman–Crippen LogP) is 4.20. The smallest absolute Gasteiger partial charge is 0.146 e. The van der Waals surface area contributed by atoms with Gasteiger partial charge in [0.05, 0.1) is 5.69 Å². The number of rotatable bonds is 9. The van der Waals surface area contributed by atoms with Gasteiger partial charge in [-0.2, -0.15) is 0 Å². The molecule has 0 aliphatic heterocycles. The number of halogens is 1. The van der Waals surface area contributed by atoms with Gasteiger partial charge in [0.1, 0.15) is 5.82 Å². The van der Waals surface area contributed by atoms with Gasteiger partial charge in [-0.15, -0.1) is 0 Å². The van der Waals surface area contributed by atoms with Crippen molar-refractivity contribution in [1.29, 1.82) is 0 Å². The summed E-state index contributed by atoms with van der Waals surface area (Å²) in [6.07, 6.45) is 2.08. The lowest BCUT2D eigenvalue weighted by Gasteiger charge is -2.24. The Morgan fingerprint density at radius 1 is 1.15 bits per heavy atom. The molecule has 0 saturated carbocycles. The Bertz CT molecular complexity index is 385. The normalized spacial score (nSPS) is 11.1. The van der Waals surface area contributed by atoms with E-state index in [1.165, 1.54) is 0 Å². The van der Waals surface area contributed by atoms with Crippen LogP contribution in [0.1, 0.15) is 46.1 Å². The Morgan fingerprint density at radius 2 is 1.80 bits per heavy atom. The fraction of sp³-hybridized carbons (Fsp3) is 0.647. The number of hydrogen-bond donors (Lipinski definition) is 1. The first-order chi connectivity index (χ1) is 9.58. The molecule has 0 amide bonds. The van der Waals surface area contributed by atoms with Crippen molar-refractivity contribution in [3.8, 4) is 0 Å². The molecule has 0 spiro atoms. The number of nitrogens with zero attached hydrogens (tertiary/aromatic N) is 1. The molecule has 0 bridgehead atoms. The third-order valence-electron chi connectivity index (χ3n) is 3.22. The van der Waals surface area contributed by atoms with Crippen LogP contribution >= 0.6 is 0 Å². The summed E-state index contributed by atoms with van der Waals surface area (Å²) < 4.78 is 14.3. The number of nitrogens with one attached hydrogen (secondary N) is 1. The van der Waals surface area contributed by atoms with Crippen LogP contribution < -0.4 is 10.2 Å². The molecule has 0 aliphatic carbocycles. The lowest BCUT2D eigenvalue weighted by Crippen LogP contribution is -2.26. The van der Waals surface area contributed by atoms with Gasteiger partial charge in [-0.3, -0.25) is 0 Å². The third-order valence-corrected chi connectivity index (χ3v) is 3.22. The molecule has 0 atom stereocenters. The largest absolute Gasteiger partial charge is 0.369 e. The van der Waals surface area contributed by atoms with Crippen LogP contribution in [0.15, 0.2) is 18.2 Å². The molecule has 1 aromatic rings. The zero-order valence-corrected chi connectivity index (χ0v) is 13.4. The standard InChI is InChI=1S/C17H29FN2/c1-5-9-20(10-6-2)17-8-7-15(11-16(17)18)13-19-12-14(3)4/h7-8,11,14,19H,5-6,9-10,12-13H2,1-4H3. The first-order valence-electron chi connectivity index (χ1n) is 7.82. The van der Waals surface area contributed by atoms with Crippen LogP contribution in [0, 0.1) is 11.7 Å². The summed E-state index contributed by atoms with van der Waals surface area (Å²) in [6, 6.07) is 5.62. The maximum absolute atomic E-state index is 14.3. The molecular formula is C17H29FN2. The van der Waals surface area contributed by atoms with Crippen LogP contribution in [-0.4, -0.2) is 19.6 Å². The summed E-state index contributed by atoms with van der Waals surface area (Å²) in [5.41, 5.74) is 1.75. The summed E-state index contributed by atoms with van der Waals surface area (Å²) in [4.78, 5) is 2.14. The minimum absolute atomic E-state index is 0.101. The summed E-state index contributed by atoms with van der Waals surface area (Å²) >= 11 is 0. The van der Waals surface area contributed by atoms with Gasteiger partial charge in [0.2, 0.25) is 0 Å². The van der Waals surface area contributed by atoms with E-state index in [0.717, 1.165) is 50.3 Å². The molecule has 0 unspecified atom stereocenters. The molecule has 114 valence electrons. The van der Waals surface area contributed by atoms with E-state index in [2.05, 4.69) is 37.9 Å². The van der Waals surface area contributed by atoms with Crippen molar-refractivity contribution >= 4 is 5.69 Å². The summed E-state index contributed by atoms with van der Waals surface area (Å²) in [7, 11) is 0. The van der Waals surface area contributed by atoms with Crippen molar-refractivity contribution in [1.82, 2.24) is 5.32 Å². The fourth-order valence-corrected chi connectivity index (χ4v) is 2.31. The molecule has 3 heteroatoms. The molecule has 0 fully saturated rings. The Morgan fingerprint density at radius 3 is 2.30 bits per heavy atom. The van der Waals surface area contributed by atoms with Gasteiger partial charge in [-0.1, -0.05) is 33.8 Å². The molecule has 20 heavy (non-hydrogen) atoms. The predicted molar refractivity (Wildman–Crippen MR) is 85.7 cm³/mol. The van der Waals surface area contributed by atoms with Gasteiger partial charge >= 0.3 is 0 Å². The Labute approximate surface area is 123 Å². The quantitative estimate of drug-likeness (QED) is 0.729. The second-order valence-corrected chi connectivity index (χ2v) is 5.80. The van der Waals surface area contributed by atoms with Crippen LogP contribution in [0.5, 0.6) is 0 Å². The SMILES string of the molecule is CCCN(CCC)c1ccc(CNCC(C)C)cc1F. The van der Waals surface area contributed by atoms with Crippen LogP contribution in [0.2, 0.25) is 0 Å². The Balaban J connectivity index is 2.70. The molecule has 1 aromatic carbocycles. The third kappa shape index (κ3) is 5.49. The fourth-order valence-electron chi connectivity index (χ4n) is 2.31. The molecule has 2 nitrogen and oxygen atoms in total. The van der Waals surface area contributed by atoms with Crippen LogP contribution in [0.3, 0.4) is 0 Å². The highest BCUT2D eigenvalue weighted by Crippen LogP contribution is 2.21. The summed E-state index contributed by atoms with van der Waals surface area (Å²) in [6.45, 7) is 12.1. The van der Waals surface area contributed by atoms with Crippen molar-refractivity contribution in [2.45, 2.75) is 47.1 Å². The number of benzene rings is 1. The number of hydrogen-bond acceptors (Lipinski definition) is 2. The van der Waals surface area contributed by atoms with Crippen LogP contribution in [0.4, 0.5) is 10.1 Å². The molecule has 0 aliphatic rings. The van der Waals surface area contributed by atoms with E-state index in [9.17, 15) is 4.39 Å². The average molecular weight is 280 g/mol. The monoisotopic (exact) mass is 280 g/mol. The van der Waals surface area contributed by atoms with Gasteiger partial charge in [0.25, 0.3) is 0 Å². The molecule has 0 radical (unpaired) electrons. The molecule has 0 saturated heterocycles. The second-order valence-electron chi connectivity index (χ2n) is 5.80. The van der Waals surface area contributed by atoms with Gasteiger partial charge < -0.3 is 10.2 Å². The minimum atomic E-state index is -0.101. The summed E-state index contributed by atoms with van der Waals surface area (Å²) in [5, 5.41) is 3.35. The van der Waals surface area contributed by atoms with E-state index >= 15 is 0 Å². The van der Waals surface area contributed by atoms with Gasteiger partial charge in [0, 0.05) is 19.6 Å². The highest BCUT2D eigenvalue weighted by Gasteiger charge is 2.10. The number of anilines is 1. The van der Waals surface area contributed by atoms with Crippen LogP contribution in [0.25, 0.3) is 0 Å². The maximum atomic E-state index is 14.3. The van der Waals surface area contributed by atoms with E-state index in [0.29, 0.717) is 5.92 Å². The Kier molecular flexibility index (Phi) is 7.60. The van der Waals surface area contributed by atoms with Crippen molar-refractivity contribution in [2.24, 2.45) is 5.92 Å². The average Bonchev–Trinajstić information content (AvgIpc) is 2.38. The minimum Gasteiger partial charge on any atom is -0.369 e. The van der Waals surface area contributed by atoms with E-state index in [1.54, 1.807) is 6.07 Å². The lowest BCUT2D eigenvalue weighted by molar-refractivity contribution is 0.549. The van der Waals surface area contributed by atoms with E-state index in [-0.39, 0.29) is 5.82 Å². The molecule has 0 heterocycles. The highest BCUT2D eigenvalue weighted by atomic mass is 19.1. The van der Waals surface area contributed by atoms with Crippen molar-refractivity contribution < 1.29 is 4.39 Å². The topological polar surface area (TPSA) is 15.3 Å². The van der Waals surface area contributed by atoms with E-state index in [1.807, 2.05) is 12.1 Å². The second kappa shape index (κ2) is 8.96. The van der Waals surface area contributed by atoms with Crippen molar-refractivity contribution in [3.63, 3.8) is 0 Å². The lowest BCUT2D eigenvalue weighted by atomic mass is 10.1. The van der Waals surface area contributed by atoms with Gasteiger partial charge in [-0.25, -0.2) is 4.39 Å². The Hall–Kier alpha value is -1.09. The molecular weight excluding hydrogens is 251 g/mol. The highest BCUT2D eigenvalue weighted by molar-refractivity contribution is 5.49. The van der Waals surface area contributed by atoms with Gasteiger partial charge in [-0.05, 0) is 43.0 Å². The van der Waals surface area contributed by atoms with Crippen molar-refractivity contribution in [2.75, 3.05) is 24.5 Å². The van der Waals surface area contributed by atoms with E-state index < -0.39 is 0 Å². The zero-order valence-electron chi connectivity index (χ0n) is 13.4. The van der Waals surface area contributed by atoms with E-state index in [4.69, 9.17) is 0 Å². The first-order valence-corrected chi connectivity index (χ1v) is 7.82. The van der Waals surface area contributed by atoms with Crippen molar-refractivity contribution in [3.05, 3.63) is 29.6 Å². The van der Waals surface area contributed by atoms with Gasteiger partial charge in [0.15, 0.2) is 0 Å². The molecule has 1 rings (SSSR count). The first kappa shape index (κ1) is 17.0.